The second-order valence-electron chi connectivity index (χ2n) is 5.47. The molecule has 0 saturated heterocycles. The topological polar surface area (TPSA) is 40.5 Å². The summed E-state index contributed by atoms with van der Waals surface area (Å²) in [6, 6.07) is 15.6. The van der Waals surface area contributed by atoms with E-state index >= 15 is 0 Å². The monoisotopic (exact) mass is 293 g/mol. The minimum absolute atomic E-state index is 0.345. The minimum atomic E-state index is -0.886. The second kappa shape index (κ2) is 6.48. The number of benzene rings is 2. The summed E-state index contributed by atoms with van der Waals surface area (Å²) in [6.07, 6.45) is 6.25. The van der Waals surface area contributed by atoms with Crippen molar-refractivity contribution in [3.63, 3.8) is 0 Å². The van der Waals surface area contributed by atoms with Gasteiger partial charge in [0.25, 0.3) is 0 Å². The molecule has 1 aliphatic heterocycles. The normalized spacial score (nSPS) is 14.1. The first-order chi connectivity index (χ1) is 10.8. The molecule has 0 radical (unpaired) electrons. The Bertz CT molecular complexity index is 706. The van der Waals surface area contributed by atoms with Crippen molar-refractivity contribution in [3.05, 3.63) is 71.3 Å². The predicted octanol–water partition coefficient (Wildman–Crippen LogP) is 3.85. The van der Waals surface area contributed by atoms with Gasteiger partial charge in [-0.3, -0.25) is 0 Å². The van der Waals surface area contributed by atoms with Crippen molar-refractivity contribution in [2.75, 3.05) is 18.0 Å². The summed E-state index contributed by atoms with van der Waals surface area (Å²) in [6.45, 7) is 1.84. The largest absolute Gasteiger partial charge is 0.478 e. The Balaban J connectivity index is 1.75. The third-order valence-corrected chi connectivity index (χ3v) is 4.02. The molecule has 0 spiro atoms. The lowest BCUT2D eigenvalue weighted by Gasteiger charge is -2.30. The van der Waals surface area contributed by atoms with E-state index in [1.807, 2.05) is 24.3 Å². The van der Waals surface area contributed by atoms with Gasteiger partial charge in [0.1, 0.15) is 0 Å². The second-order valence-corrected chi connectivity index (χ2v) is 5.47. The molecule has 112 valence electrons. The highest BCUT2D eigenvalue weighted by Crippen LogP contribution is 2.26. The van der Waals surface area contributed by atoms with Crippen LogP contribution in [0.2, 0.25) is 0 Å². The fourth-order valence-corrected chi connectivity index (χ4v) is 2.95. The van der Waals surface area contributed by atoms with Crippen LogP contribution in [0.4, 0.5) is 5.69 Å². The number of carboxylic acid groups (broad SMARTS) is 1. The molecule has 2 aromatic rings. The van der Waals surface area contributed by atoms with Crippen LogP contribution in [-0.2, 0) is 6.42 Å². The predicted molar refractivity (Wildman–Crippen MR) is 89.4 cm³/mol. The van der Waals surface area contributed by atoms with Gasteiger partial charge in [0.05, 0.1) is 5.56 Å². The van der Waals surface area contributed by atoms with Gasteiger partial charge in [-0.1, -0.05) is 48.6 Å². The Morgan fingerprint density at radius 3 is 2.77 bits per heavy atom. The number of carboxylic acids is 1. The summed E-state index contributed by atoms with van der Waals surface area (Å²) < 4.78 is 0. The quantitative estimate of drug-likeness (QED) is 0.930. The zero-order valence-electron chi connectivity index (χ0n) is 12.4. The summed E-state index contributed by atoms with van der Waals surface area (Å²) in [7, 11) is 0. The summed E-state index contributed by atoms with van der Waals surface area (Å²) in [5, 5.41) is 9.20. The third-order valence-electron chi connectivity index (χ3n) is 4.02. The molecule has 3 nitrogen and oxygen atoms in total. The number of para-hydroxylation sites is 1. The van der Waals surface area contributed by atoms with Gasteiger partial charge < -0.3 is 10.0 Å². The average molecular weight is 293 g/mol. The number of fused-ring (bicyclic) bond motifs is 1. The Morgan fingerprint density at radius 2 is 1.91 bits per heavy atom. The number of hydrogen-bond donors (Lipinski definition) is 1. The maximum absolute atomic E-state index is 11.2. The first-order valence-electron chi connectivity index (χ1n) is 7.57. The number of carbonyl (C=O) groups is 1. The van der Waals surface area contributed by atoms with Crippen molar-refractivity contribution in [2.45, 2.75) is 12.8 Å². The van der Waals surface area contributed by atoms with Crippen molar-refractivity contribution < 1.29 is 9.90 Å². The van der Waals surface area contributed by atoms with Crippen LogP contribution >= 0.6 is 0 Å². The van der Waals surface area contributed by atoms with E-state index in [2.05, 4.69) is 29.2 Å². The number of anilines is 1. The highest BCUT2D eigenvalue weighted by atomic mass is 16.4. The fraction of sp³-hybridized carbons (Fsp3) is 0.211. The fourth-order valence-electron chi connectivity index (χ4n) is 2.95. The van der Waals surface area contributed by atoms with Gasteiger partial charge in [-0.15, -0.1) is 0 Å². The number of aromatic carboxylic acids is 1. The molecule has 0 aromatic heterocycles. The van der Waals surface area contributed by atoms with Crippen LogP contribution in [-0.4, -0.2) is 24.2 Å². The van der Waals surface area contributed by atoms with Crippen LogP contribution in [0.5, 0.6) is 0 Å². The Labute approximate surface area is 130 Å². The van der Waals surface area contributed by atoms with E-state index in [1.165, 1.54) is 11.3 Å². The van der Waals surface area contributed by atoms with Crippen LogP contribution in [0.15, 0.2) is 54.6 Å². The molecular formula is C19H19NO2. The van der Waals surface area contributed by atoms with Crippen LogP contribution in [0.3, 0.4) is 0 Å². The average Bonchev–Trinajstić information content (AvgIpc) is 2.55. The number of hydrogen-bond acceptors (Lipinski definition) is 2. The number of nitrogens with zero attached hydrogens (tertiary/aromatic N) is 1. The summed E-state index contributed by atoms with van der Waals surface area (Å²) in [4.78, 5) is 13.6. The van der Waals surface area contributed by atoms with E-state index in [0.29, 0.717) is 5.56 Å². The van der Waals surface area contributed by atoms with E-state index in [-0.39, 0.29) is 0 Å². The lowest BCUT2D eigenvalue weighted by molar-refractivity contribution is 0.0696. The molecule has 0 fully saturated rings. The molecular weight excluding hydrogens is 274 g/mol. The van der Waals surface area contributed by atoms with E-state index in [9.17, 15) is 9.90 Å². The zero-order valence-corrected chi connectivity index (χ0v) is 12.4. The van der Waals surface area contributed by atoms with Crippen molar-refractivity contribution >= 4 is 17.7 Å². The number of rotatable bonds is 4. The number of aryl methyl sites for hydroxylation is 1. The molecule has 0 bridgehead atoms. The van der Waals surface area contributed by atoms with Gasteiger partial charge in [-0.05, 0) is 36.1 Å². The molecule has 0 saturated carbocycles. The molecule has 1 aliphatic rings. The molecule has 22 heavy (non-hydrogen) atoms. The molecule has 0 atom stereocenters. The van der Waals surface area contributed by atoms with Crippen LogP contribution in [0.25, 0.3) is 6.08 Å². The van der Waals surface area contributed by atoms with E-state index in [4.69, 9.17) is 0 Å². The van der Waals surface area contributed by atoms with Crippen molar-refractivity contribution in [2.24, 2.45) is 0 Å². The molecule has 1 heterocycles. The molecule has 3 rings (SSSR count). The van der Waals surface area contributed by atoms with Crippen LogP contribution in [0.1, 0.15) is 27.9 Å². The highest BCUT2D eigenvalue weighted by Gasteiger charge is 2.14. The molecule has 1 N–H and O–H groups in total. The van der Waals surface area contributed by atoms with E-state index in [0.717, 1.165) is 31.5 Å². The maximum atomic E-state index is 11.2. The van der Waals surface area contributed by atoms with Gasteiger partial charge in [0, 0.05) is 18.8 Å². The lowest BCUT2D eigenvalue weighted by Crippen LogP contribution is -2.29. The SMILES string of the molecule is O=C(O)c1ccccc1C=CCN1CCCc2ccccc21. The minimum Gasteiger partial charge on any atom is -0.478 e. The lowest BCUT2D eigenvalue weighted by atomic mass is 10.0. The highest BCUT2D eigenvalue weighted by molar-refractivity contribution is 5.92. The van der Waals surface area contributed by atoms with Gasteiger partial charge in [-0.2, -0.15) is 0 Å². The Kier molecular flexibility index (Phi) is 4.24. The molecule has 0 unspecified atom stereocenters. The van der Waals surface area contributed by atoms with Crippen LogP contribution < -0.4 is 4.90 Å². The van der Waals surface area contributed by atoms with E-state index in [1.54, 1.807) is 12.1 Å². The summed E-state index contributed by atoms with van der Waals surface area (Å²) in [5.74, 6) is -0.886. The molecule has 2 aromatic carbocycles. The molecule has 0 amide bonds. The maximum Gasteiger partial charge on any atom is 0.336 e. The summed E-state index contributed by atoms with van der Waals surface area (Å²) >= 11 is 0. The van der Waals surface area contributed by atoms with Crippen molar-refractivity contribution in [1.29, 1.82) is 0 Å². The van der Waals surface area contributed by atoms with Gasteiger partial charge in [0.15, 0.2) is 0 Å². The van der Waals surface area contributed by atoms with Gasteiger partial charge >= 0.3 is 5.97 Å². The standard InChI is InChI=1S/C19H19NO2/c21-19(22)17-11-3-1-7-15(17)9-5-13-20-14-6-10-16-8-2-4-12-18(16)20/h1-5,7-9,11-12H,6,10,13-14H2,(H,21,22). The van der Waals surface area contributed by atoms with Gasteiger partial charge in [-0.25, -0.2) is 4.79 Å². The molecule has 0 aliphatic carbocycles. The molecule has 3 heteroatoms. The van der Waals surface area contributed by atoms with Crippen LogP contribution in [0, 0.1) is 0 Å². The first-order valence-corrected chi connectivity index (χ1v) is 7.57. The van der Waals surface area contributed by atoms with E-state index < -0.39 is 5.97 Å². The summed E-state index contributed by atoms with van der Waals surface area (Å²) in [5.41, 5.74) is 3.79. The van der Waals surface area contributed by atoms with Gasteiger partial charge in [0.2, 0.25) is 0 Å². The van der Waals surface area contributed by atoms with Crippen molar-refractivity contribution in [1.82, 2.24) is 0 Å². The Hall–Kier alpha value is -2.55. The van der Waals surface area contributed by atoms with Crippen molar-refractivity contribution in [3.8, 4) is 0 Å². The zero-order chi connectivity index (χ0) is 15.4. The Morgan fingerprint density at radius 1 is 1.14 bits per heavy atom. The third kappa shape index (κ3) is 3.03. The first kappa shape index (κ1) is 14.4. The smallest absolute Gasteiger partial charge is 0.336 e.